The lowest BCUT2D eigenvalue weighted by molar-refractivity contribution is 0.0950. The van der Waals surface area contributed by atoms with Gasteiger partial charge in [-0.25, -0.2) is 13.8 Å². The van der Waals surface area contributed by atoms with Crippen LogP contribution in [0, 0.1) is 25.5 Å². The van der Waals surface area contributed by atoms with E-state index in [1.54, 1.807) is 0 Å². The third-order valence-corrected chi connectivity index (χ3v) is 7.92. The molecule has 2 atom stereocenters. The van der Waals surface area contributed by atoms with Crippen molar-refractivity contribution >= 4 is 11.7 Å². The summed E-state index contributed by atoms with van der Waals surface area (Å²) < 4.78 is 27.9. The number of aromatic nitrogens is 1. The molecule has 0 saturated heterocycles. The molecule has 2 bridgehead atoms. The number of carbonyl (C=O) groups is 1. The first-order valence-corrected chi connectivity index (χ1v) is 12.5. The number of anilines is 1. The summed E-state index contributed by atoms with van der Waals surface area (Å²) in [6.45, 7) is 4.25. The van der Waals surface area contributed by atoms with Crippen molar-refractivity contribution in [1.29, 1.82) is 0 Å². The van der Waals surface area contributed by atoms with Gasteiger partial charge < -0.3 is 11.1 Å². The normalized spacial score (nSPS) is 17.3. The van der Waals surface area contributed by atoms with E-state index in [1.165, 1.54) is 34.4 Å². The smallest absolute Gasteiger partial charge is 0.251 e. The zero-order chi connectivity index (χ0) is 25.8. The van der Waals surface area contributed by atoms with E-state index in [0.29, 0.717) is 23.5 Å². The number of pyridine rings is 1. The van der Waals surface area contributed by atoms with Gasteiger partial charge in [-0.15, -0.1) is 0 Å². The van der Waals surface area contributed by atoms with Gasteiger partial charge in [0.1, 0.15) is 17.5 Å². The molecule has 0 radical (unpaired) electrons. The van der Waals surface area contributed by atoms with Crippen LogP contribution >= 0.6 is 0 Å². The van der Waals surface area contributed by atoms with Gasteiger partial charge in [0, 0.05) is 41.3 Å². The second kappa shape index (κ2) is 8.80. The lowest BCUT2D eigenvalue weighted by atomic mass is 9.63. The summed E-state index contributed by atoms with van der Waals surface area (Å²) in [6.07, 6.45) is 2.02. The molecule has 3 N–H and O–H groups in total. The van der Waals surface area contributed by atoms with Crippen LogP contribution in [-0.2, 0) is 6.54 Å². The minimum Gasteiger partial charge on any atom is -0.384 e. The molecule has 1 heterocycles. The van der Waals surface area contributed by atoms with Crippen molar-refractivity contribution in [2.75, 3.05) is 5.73 Å². The first-order chi connectivity index (χ1) is 17.8. The standard InChI is InChI=1S/C31H27F2N3O/c1-16-11-30(34)36-17(2)28(16)15-35-31(37)19-4-7-23-24-9-10-25(27(23)13-19)22-6-3-18(12-26(22)24)21-8-5-20(32)14-29(21)33/h3-8,11-14,24-25H,9-10,15H2,1-2H3,(H2,34,36)(H,35,37). The van der Waals surface area contributed by atoms with E-state index in [4.69, 9.17) is 5.73 Å². The first kappa shape index (κ1) is 23.3. The van der Waals surface area contributed by atoms with E-state index in [2.05, 4.69) is 28.5 Å². The van der Waals surface area contributed by atoms with E-state index >= 15 is 0 Å². The molecule has 4 nitrogen and oxygen atoms in total. The monoisotopic (exact) mass is 495 g/mol. The minimum atomic E-state index is -0.581. The number of rotatable bonds is 4. The fraction of sp³-hybridized carbons (Fsp3) is 0.226. The molecule has 3 aliphatic rings. The molecule has 37 heavy (non-hydrogen) atoms. The van der Waals surface area contributed by atoms with E-state index in [1.807, 2.05) is 38.1 Å². The number of hydrogen-bond acceptors (Lipinski definition) is 3. The van der Waals surface area contributed by atoms with Crippen LogP contribution in [0.4, 0.5) is 14.6 Å². The highest BCUT2D eigenvalue weighted by molar-refractivity contribution is 5.94. The summed E-state index contributed by atoms with van der Waals surface area (Å²) >= 11 is 0. The van der Waals surface area contributed by atoms with Gasteiger partial charge in [-0.1, -0.05) is 24.3 Å². The maximum Gasteiger partial charge on any atom is 0.251 e. The molecule has 186 valence electrons. The van der Waals surface area contributed by atoms with Crippen molar-refractivity contribution < 1.29 is 13.6 Å². The number of fused-ring (bicyclic) bond motifs is 1. The van der Waals surface area contributed by atoms with Gasteiger partial charge in [0.15, 0.2) is 0 Å². The highest BCUT2D eigenvalue weighted by Gasteiger charge is 2.37. The largest absolute Gasteiger partial charge is 0.384 e. The van der Waals surface area contributed by atoms with Crippen molar-refractivity contribution in [2.45, 2.75) is 45.1 Å². The molecule has 7 rings (SSSR count). The zero-order valence-corrected chi connectivity index (χ0v) is 20.7. The van der Waals surface area contributed by atoms with Crippen molar-refractivity contribution in [2.24, 2.45) is 0 Å². The topological polar surface area (TPSA) is 68.0 Å². The summed E-state index contributed by atoms with van der Waals surface area (Å²) in [6, 6.07) is 17.5. The van der Waals surface area contributed by atoms with Gasteiger partial charge in [-0.3, -0.25) is 4.79 Å². The Bertz CT molecular complexity index is 1560. The number of nitrogens with two attached hydrogens (primary N) is 1. The zero-order valence-electron chi connectivity index (χ0n) is 20.7. The molecule has 0 aliphatic heterocycles. The van der Waals surface area contributed by atoms with Crippen molar-refractivity contribution in [1.82, 2.24) is 10.3 Å². The Labute approximate surface area is 214 Å². The molecule has 0 spiro atoms. The van der Waals surface area contributed by atoms with Crippen LogP contribution < -0.4 is 11.1 Å². The van der Waals surface area contributed by atoms with Crippen LogP contribution in [0.5, 0.6) is 0 Å². The van der Waals surface area contributed by atoms with E-state index in [-0.39, 0.29) is 17.7 Å². The fourth-order valence-electron chi connectivity index (χ4n) is 6.14. The van der Waals surface area contributed by atoms with Crippen LogP contribution in [0.2, 0.25) is 0 Å². The number of halogens is 2. The highest BCUT2D eigenvalue weighted by Crippen LogP contribution is 2.53. The number of nitrogens with zero attached hydrogens (tertiary/aromatic N) is 1. The van der Waals surface area contributed by atoms with E-state index < -0.39 is 11.6 Å². The quantitative estimate of drug-likeness (QED) is 0.338. The molecular weight excluding hydrogens is 468 g/mol. The Kier molecular flexibility index (Phi) is 5.55. The average molecular weight is 496 g/mol. The van der Waals surface area contributed by atoms with Crippen LogP contribution in [-0.4, -0.2) is 10.9 Å². The molecule has 2 unspecified atom stereocenters. The summed E-state index contributed by atoms with van der Waals surface area (Å²) in [7, 11) is 0. The maximum atomic E-state index is 14.5. The molecule has 0 saturated carbocycles. The molecule has 3 aromatic carbocycles. The maximum absolute atomic E-state index is 14.5. The van der Waals surface area contributed by atoms with Crippen molar-refractivity contribution in [3.63, 3.8) is 0 Å². The number of hydrogen-bond donors (Lipinski definition) is 2. The van der Waals surface area contributed by atoms with Crippen LogP contribution in [0.15, 0.2) is 60.7 Å². The Morgan fingerprint density at radius 1 is 0.919 bits per heavy atom. The van der Waals surface area contributed by atoms with Gasteiger partial charge in [0.05, 0.1) is 0 Å². The predicted molar refractivity (Wildman–Crippen MR) is 140 cm³/mol. The van der Waals surface area contributed by atoms with Crippen LogP contribution in [0.1, 0.15) is 74.1 Å². The predicted octanol–water partition coefficient (Wildman–Crippen LogP) is 6.53. The molecule has 3 aliphatic carbocycles. The molecule has 1 amide bonds. The Hall–Kier alpha value is -4.06. The second-order valence-corrected chi connectivity index (χ2v) is 10.1. The highest BCUT2D eigenvalue weighted by atomic mass is 19.1. The number of amides is 1. The van der Waals surface area contributed by atoms with Crippen LogP contribution in [0.3, 0.4) is 0 Å². The molecular formula is C31H27F2N3O. The van der Waals surface area contributed by atoms with E-state index in [0.717, 1.165) is 41.3 Å². The second-order valence-electron chi connectivity index (χ2n) is 10.1. The number of nitrogen functional groups attached to an aromatic ring is 1. The number of nitrogens with one attached hydrogen (secondary N) is 1. The number of aryl methyl sites for hydroxylation is 2. The summed E-state index contributed by atoms with van der Waals surface area (Å²) in [4.78, 5) is 17.4. The molecule has 4 aromatic rings. The Morgan fingerprint density at radius 3 is 2.32 bits per heavy atom. The lowest BCUT2D eigenvalue weighted by Gasteiger charge is -2.40. The van der Waals surface area contributed by atoms with E-state index in [9.17, 15) is 13.6 Å². The Morgan fingerprint density at radius 2 is 1.62 bits per heavy atom. The lowest BCUT2D eigenvalue weighted by Crippen LogP contribution is -2.27. The number of carbonyl (C=O) groups excluding carboxylic acids is 1. The Balaban J connectivity index is 1.28. The summed E-state index contributed by atoms with van der Waals surface area (Å²) in [5.74, 6) is -0.394. The minimum absolute atomic E-state index is 0.123. The van der Waals surface area contributed by atoms with Gasteiger partial charge >= 0.3 is 0 Å². The molecule has 0 fully saturated rings. The third-order valence-electron chi connectivity index (χ3n) is 7.92. The van der Waals surface area contributed by atoms with Crippen LogP contribution in [0.25, 0.3) is 11.1 Å². The molecule has 6 heteroatoms. The SMILES string of the molecule is Cc1cc(N)nc(C)c1CNC(=O)c1ccc2c(c1)C1CCC2c2cc(-c3ccc(F)cc3F)ccc21. The fourth-order valence-corrected chi connectivity index (χ4v) is 6.14. The van der Waals surface area contributed by atoms with Crippen molar-refractivity contribution in [3.8, 4) is 11.1 Å². The third kappa shape index (κ3) is 3.97. The van der Waals surface area contributed by atoms with Gasteiger partial charge in [-0.2, -0.15) is 0 Å². The summed E-state index contributed by atoms with van der Waals surface area (Å²) in [5, 5.41) is 3.04. The van der Waals surface area contributed by atoms with Crippen molar-refractivity contribution in [3.05, 3.63) is 117 Å². The average Bonchev–Trinajstić information content (AvgIpc) is 2.87. The summed E-state index contributed by atoms with van der Waals surface area (Å²) in [5.41, 5.74) is 15.3. The van der Waals surface area contributed by atoms with Gasteiger partial charge in [0.25, 0.3) is 5.91 Å². The first-order valence-electron chi connectivity index (χ1n) is 12.5. The number of benzene rings is 3. The molecule has 1 aromatic heterocycles. The van der Waals surface area contributed by atoms with Gasteiger partial charge in [-0.05, 0) is 96.0 Å². The van der Waals surface area contributed by atoms with Gasteiger partial charge in [0.2, 0.25) is 0 Å².